The lowest BCUT2D eigenvalue weighted by Gasteiger charge is -2.20. The van der Waals surface area contributed by atoms with Crippen LogP contribution in [0.4, 0.5) is 0 Å². The lowest BCUT2D eigenvalue weighted by molar-refractivity contribution is -0.159. The Labute approximate surface area is 320 Å². The molecule has 1 unspecified atom stereocenters. The van der Waals surface area contributed by atoms with E-state index < -0.39 is 58.4 Å². The van der Waals surface area contributed by atoms with E-state index in [9.17, 15) is 24.2 Å². The number of rotatable bonds is 36. The molecule has 0 aromatic carbocycles. The van der Waals surface area contributed by atoms with Crippen LogP contribution >= 0.6 is 7.82 Å². The molecule has 53 heavy (non-hydrogen) atoms. The summed E-state index contributed by atoms with van der Waals surface area (Å²) in [6, 6.07) is 0. The summed E-state index contributed by atoms with van der Waals surface area (Å²) < 4.78 is 32.4. The van der Waals surface area contributed by atoms with E-state index in [1.54, 1.807) is 12.2 Å². The molecule has 0 radical (unpaired) electrons. The average molecular weight is 767 g/mol. The maximum Gasteiger partial charge on any atom is 0.472 e. The second kappa shape index (κ2) is 37.7. The van der Waals surface area contributed by atoms with Crippen molar-refractivity contribution in [3.05, 3.63) is 72.9 Å². The van der Waals surface area contributed by atoms with Gasteiger partial charge in [-0.2, -0.15) is 0 Å². The number of allylic oxidation sites excluding steroid dienone is 11. The number of carbonyl (C=O) groups excluding carboxylic acids is 2. The van der Waals surface area contributed by atoms with Gasteiger partial charge in [-0.15, -0.1) is 0 Å². The van der Waals surface area contributed by atoms with Gasteiger partial charge in [-0.25, -0.2) is 9.36 Å². The third-order valence-corrected chi connectivity index (χ3v) is 8.90. The van der Waals surface area contributed by atoms with E-state index in [2.05, 4.69) is 67.0 Å². The van der Waals surface area contributed by atoms with Crippen molar-refractivity contribution in [1.82, 2.24) is 0 Å². The van der Waals surface area contributed by atoms with Gasteiger partial charge >= 0.3 is 19.8 Å². The molecule has 0 heterocycles. The van der Waals surface area contributed by atoms with Gasteiger partial charge in [0.15, 0.2) is 6.10 Å². The van der Waals surface area contributed by atoms with Crippen molar-refractivity contribution in [2.24, 2.45) is 0 Å². The third kappa shape index (κ3) is 37.5. The molecule has 0 aromatic rings. The maximum absolute atomic E-state index is 12.5. The Morgan fingerprint density at radius 3 is 1.77 bits per heavy atom. The van der Waals surface area contributed by atoms with E-state index in [0.29, 0.717) is 6.42 Å². The number of unbranched alkanes of at least 4 members (excludes halogenated alkanes) is 13. The van der Waals surface area contributed by atoms with Crippen molar-refractivity contribution >= 4 is 19.8 Å². The van der Waals surface area contributed by atoms with Crippen LogP contribution in [0.3, 0.4) is 0 Å². The Kier molecular flexibility index (Phi) is 35.9. The summed E-state index contributed by atoms with van der Waals surface area (Å²) in [5.74, 6) is -1.23. The number of esters is 2. The number of hydrogen-bond acceptors (Lipinski definition) is 9. The fourth-order valence-electron chi connectivity index (χ4n) is 4.90. The minimum atomic E-state index is -4.65. The van der Waals surface area contributed by atoms with Crippen molar-refractivity contribution in [2.45, 2.75) is 154 Å². The first-order valence-corrected chi connectivity index (χ1v) is 21.4. The molecule has 3 N–H and O–H groups in total. The first-order chi connectivity index (χ1) is 25.7. The van der Waals surface area contributed by atoms with Crippen LogP contribution in [0, 0.1) is 0 Å². The maximum atomic E-state index is 12.5. The van der Waals surface area contributed by atoms with Gasteiger partial charge in [0.05, 0.1) is 19.8 Å². The van der Waals surface area contributed by atoms with E-state index in [4.69, 9.17) is 19.1 Å². The molecule has 0 saturated carbocycles. The van der Waals surface area contributed by atoms with E-state index in [-0.39, 0.29) is 6.42 Å². The van der Waals surface area contributed by atoms with Gasteiger partial charge in [0.2, 0.25) is 0 Å². The van der Waals surface area contributed by atoms with Crippen molar-refractivity contribution in [3.8, 4) is 0 Å². The molecule has 0 spiro atoms. The molecule has 11 heteroatoms. The number of carbonyl (C=O) groups is 2. The number of ether oxygens (including phenoxy) is 2. The zero-order valence-corrected chi connectivity index (χ0v) is 33.6. The lowest BCUT2D eigenvalue weighted by Crippen LogP contribution is -2.29. The average Bonchev–Trinajstić information content (AvgIpc) is 3.14. The Hall–Kier alpha value is -2.59. The highest BCUT2D eigenvalue weighted by molar-refractivity contribution is 7.47. The predicted molar refractivity (Wildman–Crippen MR) is 214 cm³/mol. The standard InChI is InChI=1S/C42H71O10P/c1-3-5-7-9-11-13-15-17-19-21-23-25-27-29-31-33-41(45)49-37-40(38-51-53(47,48)50-36-39(44)35-43)52-42(46)34-32-30-28-26-24-22-20-18-16-14-12-10-8-6-4-2/h6,8,12,14,18,20,24,26-27,29,31,33,39-40,43-44H,3-5,7,9-11,13,15-17,19,21-23,25,28,30,32,34-38H2,1-2H3,(H,47,48)/b8-6+,14-12+,20-18+,26-24+,29-27+,33-31+/t39-,40+/m0/s1. The van der Waals surface area contributed by atoms with Crippen molar-refractivity contribution in [3.63, 3.8) is 0 Å². The zero-order chi connectivity index (χ0) is 39.1. The van der Waals surface area contributed by atoms with Crippen LogP contribution in [0.2, 0.25) is 0 Å². The summed E-state index contributed by atoms with van der Waals surface area (Å²) in [6.07, 6.45) is 42.2. The molecule has 0 aliphatic heterocycles. The van der Waals surface area contributed by atoms with Crippen molar-refractivity contribution in [2.75, 3.05) is 26.4 Å². The van der Waals surface area contributed by atoms with Crippen LogP contribution < -0.4 is 0 Å². The van der Waals surface area contributed by atoms with Crippen molar-refractivity contribution < 1.29 is 47.8 Å². The highest BCUT2D eigenvalue weighted by atomic mass is 31.2. The molecule has 0 aliphatic carbocycles. The van der Waals surface area contributed by atoms with Crippen molar-refractivity contribution in [1.29, 1.82) is 0 Å². The first-order valence-electron chi connectivity index (χ1n) is 19.9. The highest BCUT2D eigenvalue weighted by Crippen LogP contribution is 2.43. The monoisotopic (exact) mass is 766 g/mol. The van der Waals surface area contributed by atoms with Gasteiger partial charge in [0.1, 0.15) is 12.7 Å². The molecular formula is C42H71O10P. The Morgan fingerprint density at radius 2 is 1.17 bits per heavy atom. The van der Waals surface area contributed by atoms with E-state index in [1.165, 1.54) is 70.3 Å². The van der Waals surface area contributed by atoms with Gasteiger partial charge < -0.3 is 24.6 Å². The summed E-state index contributed by atoms with van der Waals surface area (Å²) in [5, 5.41) is 18.3. The normalized spacial score (nSPS) is 14.7. The Morgan fingerprint density at radius 1 is 0.642 bits per heavy atom. The topological polar surface area (TPSA) is 149 Å². The van der Waals surface area contributed by atoms with Gasteiger partial charge in [-0.3, -0.25) is 13.8 Å². The first kappa shape index (κ1) is 50.4. The van der Waals surface area contributed by atoms with E-state index >= 15 is 0 Å². The molecule has 304 valence electrons. The Balaban J connectivity index is 4.54. The summed E-state index contributed by atoms with van der Waals surface area (Å²) >= 11 is 0. The van der Waals surface area contributed by atoms with Crippen LogP contribution in [0.5, 0.6) is 0 Å². The highest BCUT2D eigenvalue weighted by Gasteiger charge is 2.27. The fraction of sp³-hybridized carbons (Fsp3) is 0.667. The van der Waals surface area contributed by atoms with Crippen LogP contribution in [-0.2, 0) is 32.7 Å². The summed E-state index contributed by atoms with van der Waals surface area (Å²) in [4.78, 5) is 34.7. The quantitative estimate of drug-likeness (QED) is 0.0140. The molecule has 0 fully saturated rings. The zero-order valence-electron chi connectivity index (χ0n) is 32.7. The molecule has 0 aromatic heterocycles. The van der Waals surface area contributed by atoms with E-state index in [1.807, 2.05) is 6.08 Å². The Bertz CT molecular complexity index is 1110. The second-order valence-electron chi connectivity index (χ2n) is 13.0. The molecule has 0 rings (SSSR count). The van der Waals surface area contributed by atoms with E-state index in [0.717, 1.165) is 51.4 Å². The molecule has 3 atom stereocenters. The van der Waals surface area contributed by atoms with Crippen LogP contribution in [0.25, 0.3) is 0 Å². The van der Waals surface area contributed by atoms with Crippen LogP contribution in [0.15, 0.2) is 72.9 Å². The summed E-state index contributed by atoms with van der Waals surface area (Å²) in [7, 11) is -4.65. The largest absolute Gasteiger partial charge is 0.472 e. The summed E-state index contributed by atoms with van der Waals surface area (Å²) in [5.41, 5.74) is 0. The smallest absolute Gasteiger partial charge is 0.458 e. The minimum Gasteiger partial charge on any atom is -0.458 e. The number of phosphoric acid groups is 1. The molecule has 0 bridgehead atoms. The number of hydrogen-bond donors (Lipinski definition) is 3. The lowest BCUT2D eigenvalue weighted by atomic mass is 10.1. The minimum absolute atomic E-state index is 0.109. The molecule has 10 nitrogen and oxygen atoms in total. The number of phosphoric ester groups is 1. The molecule has 0 aliphatic rings. The van der Waals surface area contributed by atoms with Crippen LogP contribution in [0.1, 0.15) is 142 Å². The third-order valence-electron chi connectivity index (χ3n) is 7.95. The second-order valence-corrected chi connectivity index (χ2v) is 14.5. The predicted octanol–water partition coefficient (Wildman–Crippen LogP) is 10.1. The molecular weight excluding hydrogens is 695 g/mol. The molecule has 0 amide bonds. The van der Waals surface area contributed by atoms with Gasteiger partial charge in [-0.1, -0.05) is 145 Å². The molecule has 0 saturated heterocycles. The number of aliphatic hydroxyl groups is 2. The van der Waals surface area contributed by atoms with Gasteiger partial charge in [0, 0.05) is 12.5 Å². The SMILES string of the molecule is CC/C=C/C/C=C/C/C=C/C/C=C/CCCCC(=O)O[C@H](COC(=O)/C=C/C=C/CCCCCCCCCCCCC)COP(=O)(O)OC[C@@H](O)CO. The number of aliphatic hydroxyl groups excluding tert-OH is 2. The van der Waals surface area contributed by atoms with Gasteiger partial charge in [0.25, 0.3) is 0 Å². The van der Waals surface area contributed by atoms with Crippen LogP contribution in [-0.4, -0.2) is 65.7 Å². The van der Waals surface area contributed by atoms with Gasteiger partial charge in [-0.05, 0) is 57.8 Å². The summed E-state index contributed by atoms with van der Waals surface area (Å²) in [6.45, 7) is 2.06. The fourth-order valence-corrected chi connectivity index (χ4v) is 5.69.